The Morgan fingerprint density at radius 3 is 2.89 bits per heavy atom. The van der Waals surface area contributed by atoms with E-state index >= 15 is 0 Å². The first-order valence-electron chi connectivity index (χ1n) is 6.92. The fraction of sp³-hybridized carbons (Fsp3) is 0.600. The number of likely N-dealkylation sites (tertiary alicyclic amines) is 1. The van der Waals surface area contributed by atoms with Crippen molar-refractivity contribution in [1.29, 1.82) is 0 Å². The monoisotopic (exact) mass is 249 g/mol. The van der Waals surface area contributed by atoms with Gasteiger partial charge >= 0.3 is 0 Å². The van der Waals surface area contributed by atoms with Crippen molar-refractivity contribution in [3.05, 3.63) is 23.8 Å². The summed E-state index contributed by atoms with van der Waals surface area (Å²) in [7, 11) is 0. The van der Waals surface area contributed by atoms with Gasteiger partial charge in [-0.15, -0.1) is 0 Å². The van der Waals surface area contributed by atoms with Gasteiger partial charge in [-0.05, 0) is 49.9 Å². The number of hydrogen-bond acceptors (Lipinski definition) is 3. The number of aromatic hydroxyl groups is 2. The summed E-state index contributed by atoms with van der Waals surface area (Å²) in [5.41, 5.74) is 0.954. The number of phenols is 2. The molecule has 100 valence electrons. The molecule has 2 rings (SSSR count). The number of benzene rings is 1. The number of unbranched alkanes of at least 4 members (excludes halogenated alkanes) is 1. The predicted octanol–water partition coefficient (Wildman–Crippen LogP) is 2.76. The second-order valence-electron chi connectivity index (χ2n) is 5.33. The maximum absolute atomic E-state index is 9.79. The first-order chi connectivity index (χ1) is 8.69. The molecule has 1 unspecified atom stereocenters. The number of nitrogens with zero attached hydrogens (tertiary/aromatic N) is 1. The normalized spacial score (nSPS) is 20.4. The molecule has 0 amide bonds. The average molecular weight is 249 g/mol. The minimum atomic E-state index is 0.132. The number of phenolic OH excluding ortho intramolecular Hbond substituents is 2. The van der Waals surface area contributed by atoms with Gasteiger partial charge in [0.25, 0.3) is 0 Å². The van der Waals surface area contributed by atoms with Crippen LogP contribution in [0.5, 0.6) is 11.5 Å². The summed E-state index contributed by atoms with van der Waals surface area (Å²) < 4.78 is 0. The van der Waals surface area contributed by atoms with Gasteiger partial charge in [-0.25, -0.2) is 0 Å². The van der Waals surface area contributed by atoms with E-state index < -0.39 is 0 Å². The highest BCUT2D eigenvalue weighted by Crippen LogP contribution is 2.28. The Morgan fingerprint density at radius 1 is 1.33 bits per heavy atom. The fourth-order valence-electron chi connectivity index (χ4n) is 2.70. The third kappa shape index (κ3) is 3.39. The Labute approximate surface area is 109 Å². The molecule has 1 saturated heterocycles. The Morgan fingerprint density at radius 2 is 2.17 bits per heavy atom. The first kappa shape index (κ1) is 13.2. The summed E-state index contributed by atoms with van der Waals surface area (Å²) in [4.78, 5) is 2.52. The molecule has 1 aliphatic rings. The molecule has 2 N–H and O–H groups in total. The highest BCUT2D eigenvalue weighted by atomic mass is 16.3. The van der Waals surface area contributed by atoms with Crippen LogP contribution in [0.15, 0.2) is 18.2 Å². The number of rotatable bonds is 5. The zero-order valence-electron chi connectivity index (χ0n) is 11.1. The van der Waals surface area contributed by atoms with E-state index in [2.05, 4.69) is 11.8 Å². The van der Waals surface area contributed by atoms with Crippen LogP contribution in [0, 0.1) is 5.92 Å². The van der Waals surface area contributed by atoms with Gasteiger partial charge in [-0.3, -0.25) is 0 Å². The standard InChI is InChI=1S/C15H23NO2/c1-2-3-7-16-8-6-12(11-16)9-13-4-5-14(17)10-15(13)18/h4-5,10,12,17-18H,2-3,6-9,11H2,1H3. The van der Waals surface area contributed by atoms with Gasteiger partial charge in [0, 0.05) is 12.6 Å². The van der Waals surface area contributed by atoms with Crippen LogP contribution in [-0.4, -0.2) is 34.7 Å². The summed E-state index contributed by atoms with van der Waals surface area (Å²) in [6.07, 6.45) is 4.65. The summed E-state index contributed by atoms with van der Waals surface area (Å²) in [5.74, 6) is 0.992. The van der Waals surface area contributed by atoms with Crippen LogP contribution in [0.25, 0.3) is 0 Å². The lowest BCUT2D eigenvalue weighted by Gasteiger charge is -2.15. The van der Waals surface area contributed by atoms with Gasteiger partial charge in [0.2, 0.25) is 0 Å². The largest absolute Gasteiger partial charge is 0.508 e. The van der Waals surface area contributed by atoms with Crippen molar-refractivity contribution in [2.75, 3.05) is 19.6 Å². The van der Waals surface area contributed by atoms with E-state index in [-0.39, 0.29) is 11.5 Å². The van der Waals surface area contributed by atoms with Crippen molar-refractivity contribution < 1.29 is 10.2 Å². The molecule has 0 radical (unpaired) electrons. The Kier molecular flexibility index (Phi) is 4.48. The molecule has 0 aliphatic carbocycles. The zero-order chi connectivity index (χ0) is 13.0. The Hall–Kier alpha value is -1.22. The molecule has 0 saturated carbocycles. The van der Waals surface area contributed by atoms with E-state index in [9.17, 15) is 10.2 Å². The van der Waals surface area contributed by atoms with E-state index in [0.29, 0.717) is 5.92 Å². The molecule has 1 fully saturated rings. The third-order valence-corrected chi connectivity index (χ3v) is 3.78. The minimum absolute atomic E-state index is 0.132. The molecule has 0 bridgehead atoms. The zero-order valence-corrected chi connectivity index (χ0v) is 11.1. The van der Waals surface area contributed by atoms with E-state index in [1.165, 1.54) is 38.4 Å². The van der Waals surface area contributed by atoms with Crippen molar-refractivity contribution in [2.45, 2.75) is 32.6 Å². The molecule has 3 heteroatoms. The molecule has 1 aromatic rings. The summed E-state index contributed by atoms with van der Waals surface area (Å²) >= 11 is 0. The van der Waals surface area contributed by atoms with Crippen LogP contribution >= 0.6 is 0 Å². The van der Waals surface area contributed by atoms with E-state index in [1.54, 1.807) is 6.07 Å². The maximum atomic E-state index is 9.79. The van der Waals surface area contributed by atoms with Gasteiger partial charge in [0.15, 0.2) is 0 Å². The third-order valence-electron chi connectivity index (χ3n) is 3.78. The SMILES string of the molecule is CCCCN1CCC(Cc2ccc(O)cc2O)C1. The van der Waals surface area contributed by atoms with Crippen molar-refractivity contribution in [2.24, 2.45) is 5.92 Å². The molecule has 1 aromatic carbocycles. The van der Waals surface area contributed by atoms with Crippen molar-refractivity contribution >= 4 is 0 Å². The topological polar surface area (TPSA) is 43.7 Å². The quantitative estimate of drug-likeness (QED) is 0.843. The molecule has 1 atom stereocenters. The highest BCUT2D eigenvalue weighted by Gasteiger charge is 2.22. The van der Waals surface area contributed by atoms with Crippen LogP contribution < -0.4 is 0 Å². The highest BCUT2D eigenvalue weighted by molar-refractivity contribution is 5.39. The second kappa shape index (κ2) is 6.10. The van der Waals surface area contributed by atoms with Crippen molar-refractivity contribution in [3.63, 3.8) is 0 Å². The molecule has 18 heavy (non-hydrogen) atoms. The molecular formula is C15H23NO2. The molecule has 1 aliphatic heterocycles. The van der Waals surface area contributed by atoms with Gasteiger partial charge in [-0.1, -0.05) is 19.4 Å². The molecule has 0 spiro atoms. The second-order valence-corrected chi connectivity index (χ2v) is 5.33. The van der Waals surface area contributed by atoms with Gasteiger partial charge in [0.05, 0.1) is 0 Å². The van der Waals surface area contributed by atoms with Crippen LogP contribution in [0.2, 0.25) is 0 Å². The van der Waals surface area contributed by atoms with Crippen LogP contribution in [0.1, 0.15) is 31.7 Å². The maximum Gasteiger partial charge on any atom is 0.122 e. The summed E-state index contributed by atoms with van der Waals surface area (Å²) in [5, 5.41) is 19.1. The van der Waals surface area contributed by atoms with Crippen LogP contribution in [0.4, 0.5) is 0 Å². The molecular weight excluding hydrogens is 226 g/mol. The number of hydrogen-bond donors (Lipinski definition) is 2. The van der Waals surface area contributed by atoms with E-state index in [4.69, 9.17) is 0 Å². The molecule has 3 nitrogen and oxygen atoms in total. The van der Waals surface area contributed by atoms with E-state index in [1.807, 2.05) is 6.07 Å². The lowest BCUT2D eigenvalue weighted by molar-refractivity contribution is 0.317. The Balaban J connectivity index is 1.87. The van der Waals surface area contributed by atoms with Crippen LogP contribution in [-0.2, 0) is 6.42 Å². The minimum Gasteiger partial charge on any atom is -0.508 e. The summed E-state index contributed by atoms with van der Waals surface area (Å²) in [6, 6.07) is 4.91. The lowest BCUT2D eigenvalue weighted by atomic mass is 9.98. The Bertz CT molecular complexity index is 392. The lowest BCUT2D eigenvalue weighted by Crippen LogP contribution is -2.22. The van der Waals surface area contributed by atoms with Crippen molar-refractivity contribution in [3.8, 4) is 11.5 Å². The fourth-order valence-corrected chi connectivity index (χ4v) is 2.70. The average Bonchev–Trinajstić information content (AvgIpc) is 2.78. The molecule has 1 heterocycles. The van der Waals surface area contributed by atoms with Gasteiger partial charge in [0.1, 0.15) is 11.5 Å². The van der Waals surface area contributed by atoms with Crippen LogP contribution in [0.3, 0.4) is 0 Å². The summed E-state index contributed by atoms with van der Waals surface area (Å²) in [6.45, 7) is 5.75. The van der Waals surface area contributed by atoms with E-state index in [0.717, 1.165) is 18.5 Å². The molecule has 0 aromatic heterocycles. The van der Waals surface area contributed by atoms with Gasteiger partial charge < -0.3 is 15.1 Å². The first-order valence-corrected chi connectivity index (χ1v) is 6.92. The van der Waals surface area contributed by atoms with Gasteiger partial charge in [-0.2, -0.15) is 0 Å². The predicted molar refractivity (Wildman–Crippen MR) is 72.9 cm³/mol. The van der Waals surface area contributed by atoms with Crippen molar-refractivity contribution in [1.82, 2.24) is 4.90 Å². The smallest absolute Gasteiger partial charge is 0.122 e.